The number of aromatic nitrogens is 4. The lowest BCUT2D eigenvalue weighted by Gasteiger charge is -2.28. The van der Waals surface area contributed by atoms with Crippen molar-refractivity contribution in [3.63, 3.8) is 0 Å². The molecule has 4 aromatic rings. The molecule has 5 rings (SSSR count). The summed E-state index contributed by atoms with van der Waals surface area (Å²) in [5, 5.41) is 3.19. The highest BCUT2D eigenvalue weighted by atomic mass is 16.5. The first-order chi connectivity index (χ1) is 16.1. The minimum absolute atomic E-state index is 0. The van der Waals surface area contributed by atoms with E-state index < -0.39 is 0 Å². The smallest absolute Gasteiger partial charge is 0.259 e. The molecular weight excluding hydrogens is 420 g/mol. The van der Waals surface area contributed by atoms with Gasteiger partial charge < -0.3 is 19.4 Å². The van der Waals surface area contributed by atoms with Crippen LogP contribution in [-0.2, 0) is 0 Å². The number of rotatable bonds is 5. The summed E-state index contributed by atoms with van der Waals surface area (Å²) in [4.78, 5) is 27.9. The van der Waals surface area contributed by atoms with Crippen LogP contribution < -0.4 is 19.7 Å². The zero-order valence-electron chi connectivity index (χ0n) is 18.2. The first kappa shape index (κ1) is 20.5. The maximum atomic E-state index is 13.1. The van der Waals surface area contributed by atoms with E-state index in [1.807, 2.05) is 54.1 Å². The number of nitrogens with one attached hydrogen (secondary N) is 1. The fourth-order valence-corrected chi connectivity index (χ4v) is 3.66. The number of ether oxygens (including phenoxy) is 2. The quantitative estimate of drug-likeness (QED) is 0.497. The third-order valence-electron chi connectivity index (χ3n) is 5.26. The van der Waals surface area contributed by atoms with Gasteiger partial charge in [-0.1, -0.05) is 18.2 Å². The van der Waals surface area contributed by atoms with E-state index in [4.69, 9.17) is 9.47 Å². The highest BCUT2D eigenvalue weighted by Gasteiger charge is 2.27. The molecule has 0 aliphatic carbocycles. The largest absolute Gasteiger partial charge is 0.494 e. The third kappa shape index (κ3) is 4.08. The number of fused-ring (bicyclic) bond motifs is 1. The number of methoxy groups -OCH3 is 1. The molecule has 9 heteroatoms. The Labute approximate surface area is 192 Å². The van der Waals surface area contributed by atoms with Crippen molar-refractivity contribution < 1.29 is 15.7 Å². The van der Waals surface area contributed by atoms with Gasteiger partial charge in [-0.3, -0.25) is 9.69 Å². The minimum Gasteiger partial charge on any atom is -0.494 e. The number of hydrogen-bond acceptors (Lipinski definition) is 7. The number of aryl methyl sites for hydroxylation is 1. The number of imidazole rings is 1. The first-order valence-electron chi connectivity index (χ1n) is 10.4. The highest BCUT2D eigenvalue weighted by Crippen LogP contribution is 2.32. The van der Waals surface area contributed by atoms with Gasteiger partial charge in [0.15, 0.2) is 11.6 Å². The summed E-state index contributed by atoms with van der Waals surface area (Å²) in [7, 11) is 1.62. The molecule has 0 saturated heterocycles. The van der Waals surface area contributed by atoms with Gasteiger partial charge in [0.2, 0.25) is 5.95 Å². The number of benzene rings is 2. The maximum Gasteiger partial charge on any atom is 0.259 e. The van der Waals surface area contributed by atoms with Crippen molar-refractivity contribution in [2.24, 2.45) is 0 Å². The summed E-state index contributed by atoms with van der Waals surface area (Å²) in [5.74, 6) is 1.79. The molecule has 1 amide bonds. The van der Waals surface area contributed by atoms with Crippen LogP contribution in [-0.4, -0.2) is 45.7 Å². The number of carbonyl (C=O) groups excluding carboxylic acids is 1. The van der Waals surface area contributed by atoms with Gasteiger partial charge >= 0.3 is 0 Å². The second-order valence-corrected chi connectivity index (χ2v) is 7.49. The number of nitrogens with zero attached hydrogens (tertiary/aromatic N) is 5. The Morgan fingerprint density at radius 2 is 2.03 bits per heavy atom. The van der Waals surface area contributed by atoms with Crippen LogP contribution in [0, 0.1) is 6.92 Å². The molecule has 2 aromatic heterocycles. The lowest BCUT2D eigenvalue weighted by molar-refractivity contribution is 0.0975. The van der Waals surface area contributed by atoms with Crippen molar-refractivity contribution >= 4 is 23.4 Å². The van der Waals surface area contributed by atoms with Gasteiger partial charge in [-0.25, -0.2) is 9.97 Å². The Hall–Kier alpha value is -4.40. The van der Waals surface area contributed by atoms with Crippen LogP contribution in [0.3, 0.4) is 0 Å². The van der Waals surface area contributed by atoms with E-state index in [1.54, 1.807) is 36.7 Å². The average Bonchev–Trinajstić information content (AvgIpc) is 3.29. The van der Waals surface area contributed by atoms with Crippen molar-refractivity contribution in [2.45, 2.75) is 6.92 Å². The molecule has 0 fully saturated rings. The van der Waals surface area contributed by atoms with E-state index in [2.05, 4.69) is 20.3 Å². The summed E-state index contributed by atoms with van der Waals surface area (Å²) in [5.41, 5.74) is 3.11. The Morgan fingerprint density at radius 1 is 1.18 bits per heavy atom. The second kappa shape index (κ2) is 8.62. The number of anilines is 3. The minimum atomic E-state index is -0.133. The summed E-state index contributed by atoms with van der Waals surface area (Å²) < 4.78 is 13.1. The third-order valence-corrected chi connectivity index (χ3v) is 5.26. The van der Waals surface area contributed by atoms with Gasteiger partial charge in [0, 0.05) is 24.9 Å². The molecule has 1 N–H and O–H groups in total. The van der Waals surface area contributed by atoms with Gasteiger partial charge in [0.25, 0.3) is 5.91 Å². The second-order valence-electron chi connectivity index (χ2n) is 7.49. The van der Waals surface area contributed by atoms with E-state index in [0.29, 0.717) is 42.0 Å². The van der Waals surface area contributed by atoms with E-state index >= 15 is 0 Å². The zero-order valence-corrected chi connectivity index (χ0v) is 18.2. The fraction of sp³-hybridized carbons (Fsp3) is 0.167. The Bertz CT molecular complexity index is 1310. The van der Waals surface area contributed by atoms with Crippen LogP contribution in [0.25, 0.3) is 5.69 Å². The van der Waals surface area contributed by atoms with Crippen LogP contribution in [0.4, 0.5) is 17.5 Å². The van der Waals surface area contributed by atoms with Crippen molar-refractivity contribution in [3.05, 3.63) is 78.5 Å². The Balaban J connectivity index is 0.00000274. The van der Waals surface area contributed by atoms with Crippen molar-refractivity contribution in [3.8, 4) is 17.2 Å². The summed E-state index contributed by atoms with van der Waals surface area (Å²) in [6, 6.07) is 14.8. The molecule has 0 saturated carbocycles. The van der Waals surface area contributed by atoms with Crippen LogP contribution in [0.1, 0.15) is 17.5 Å². The van der Waals surface area contributed by atoms with Crippen molar-refractivity contribution in [1.82, 2.24) is 19.5 Å². The molecular formula is C24H24N6O3. The molecule has 2 aromatic carbocycles. The topological polar surface area (TPSA) is 94.4 Å². The molecule has 3 heterocycles. The highest BCUT2D eigenvalue weighted by molar-refractivity contribution is 6.06. The lowest BCUT2D eigenvalue weighted by atomic mass is 10.2. The average molecular weight is 444 g/mol. The zero-order chi connectivity index (χ0) is 22.8. The number of amides is 1. The summed E-state index contributed by atoms with van der Waals surface area (Å²) >= 11 is 0. The molecule has 0 unspecified atom stereocenters. The van der Waals surface area contributed by atoms with Crippen molar-refractivity contribution in [1.29, 1.82) is 0 Å². The van der Waals surface area contributed by atoms with Crippen LogP contribution in [0.15, 0.2) is 67.3 Å². The molecule has 0 spiro atoms. The molecule has 1 aliphatic heterocycles. The van der Waals surface area contributed by atoms with E-state index in [1.165, 1.54) is 0 Å². The van der Waals surface area contributed by atoms with Crippen molar-refractivity contribution in [2.75, 3.05) is 30.5 Å². The molecule has 0 atom stereocenters. The fourth-order valence-electron chi connectivity index (χ4n) is 3.66. The van der Waals surface area contributed by atoms with Gasteiger partial charge in [-0.2, -0.15) is 4.98 Å². The molecule has 0 bridgehead atoms. The van der Waals surface area contributed by atoms with Crippen LogP contribution >= 0.6 is 0 Å². The number of hydrogen-bond donors (Lipinski definition) is 1. The molecule has 168 valence electrons. The molecule has 9 nitrogen and oxygen atoms in total. The first-order valence-corrected chi connectivity index (χ1v) is 10.4. The summed E-state index contributed by atoms with van der Waals surface area (Å²) in [6.07, 6.45) is 5.25. The maximum absolute atomic E-state index is 13.1. The predicted molar refractivity (Wildman–Crippen MR) is 126 cm³/mol. The normalized spacial score (nSPS) is 12.6. The molecule has 33 heavy (non-hydrogen) atoms. The summed E-state index contributed by atoms with van der Waals surface area (Å²) in [6.45, 7) is 2.72. The monoisotopic (exact) mass is 444 g/mol. The van der Waals surface area contributed by atoms with E-state index in [-0.39, 0.29) is 7.33 Å². The number of carbonyl (C=O) groups is 1. The van der Waals surface area contributed by atoms with Gasteiger partial charge in [0.05, 0.1) is 37.6 Å². The SMILES string of the molecule is COc1cc(Nc2ncc3c(n2)N(C(=O)c2ccccc2)CCO3)ccc1-n1cnc(C)c1.[HH]. The van der Waals surface area contributed by atoms with Crippen LogP contribution in [0.2, 0.25) is 0 Å². The standard InChI is InChI=1S/C24H22N6O3.H2/c1-16-14-29(15-26-16)19-9-8-18(12-20(19)32-2)27-24-25-13-21-22(28-24)30(10-11-33-21)23(31)17-6-4-3-5-7-17;/h3-9,12-15H,10-11H2,1-2H3,(H,25,27,28);1H. The molecule has 1 aliphatic rings. The Morgan fingerprint density at radius 3 is 2.79 bits per heavy atom. The predicted octanol–water partition coefficient (Wildman–Crippen LogP) is 4.01. The van der Waals surface area contributed by atoms with E-state index in [0.717, 1.165) is 17.1 Å². The van der Waals surface area contributed by atoms with E-state index in [9.17, 15) is 4.79 Å². The van der Waals surface area contributed by atoms with Gasteiger partial charge in [0.1, 0.15) is 12.4 Å². The Kier molecular flexibility index (Phi) is 5.35. The van der Waals surface area contributed by atoms with Gasteiger partial charge in [-0.05, 0) is 31.2 Å². The molecule has 0 radical (unpaired) electrons. The van der Waals surface area contributed by atoms with Crippen LogP contribution in [0.5, 0.6) is 11.5 Å². The van der Waals surface area contributed by atoms with Gasteiger partial charge in [-0.15, -0.1) is 0 Å². The lowest BCUT2D eigenvalue weighted by Crippen LogP contribution is -2.38.